The van der Waals surface area contributed by atoms with Crippen LogP contribution in [0, 0.1) is 11.3 Å². The Balaban J connectivity index is 2.19. The van der Waals surface area contributed by atoms with Crippen molar-refractivity contribution in [2.24, 2.45) is 11.3 Å². The summed E-state index contributed by atoms with van der Waals surface area (Å²) >= 11 is 0. The van der Waals surface area contributed by atoms with E-state index in [1.54, 1.807) is 0 Å². The average Bonchev–Trinajstić information content (AvgIpc) is 2.52. The van der Waals surface area contributed by atoms with Gasteiger partial charge in [0.05, 0.1) is 19.3 Å². The molecule has 0 aromatic heterocycles. The van der Waals surface area contributed by atoms with E-state index in [9.17, 15) is 0 Å². The molecule has 1 rings (SSSR count). The number of hydrogen-bond acceptors (Lipinski definition) is 3. The molecule has 3 heteroatoms. The van der Waals surface area contributed by atoms with Crippen LogP contribution in [0.5, 0.6) is 0 Å². The molecular weight excluding hydrogens is 214 g/mol. The van der Waals surface area contributed by atoms with Crippen molar-refractivity contribution in [3.63, 3.8) is 0 Å². The number of hydrogen-bond donors (Lipinski definition) is 1. The molecule has 0 bridgehead atoms. The minimum atomic E-state index is 0.345. The zero-order chi connectivity index (χ0) is 12.9. The van der Waals surface area contributed by atoms with Crippen molar-refractivity contribution in [2.45, 2.75) is 52.7 Å². The molecule has 1 saturated carbocycles. The maximum atomic E-state index is 5.94. The summed E-state index contributed by atoms with van der Waals surface area (Å²) in [4.78, 5) is 0. The predicted molar refractivity (Wildman–Crippen MR) is 71.3 cm³/mol. The summed E-state index contributed by atoms with van der Waals surface area (Å²) in [6.07, 6.45) is 2.73. The summed E-state index contributed by atoms with van der Waals surface area (Å²) in [5, 5.41) is 3.40. The first-order chi connectivity index (χ1) is 7.97. The molecule has 0 spiro atoms. The van der Waals surface area contributed by atoms with Gasteiger partial charge in [-0.1, -0.05) is 27.7 Å². The van der Waals surface area contributed by atoms with Crippen molar-refractivity contribution in [1.82, 2.24) is 5.32 Å². The zero-order valence-corrected chi connectivity index (χ0v) is 12.1. The van der Waals surface area contributed by atoms with Gasteiger partial charge in [0.15, 0.2) is 0 Å². The molecule has 1 aliphatic rings. The molecule has 0 heterocycles. The predicted octanol–water partition coefficient (Wildman–Crippen LogP) is 2.45. The van der Waals surface area contributed by atoms with Crippen molar-refractivity contribution in [2.75, 3.05) is 26.9 Å². The van der Waals surface area contributed by atoms with Crippen LogP contribution in [0.1, 0.15) is 40.5 Å². The number of rotatable bonds is 7. The Hall–Kier alpha value is -0.120. The van der Waals surface area contributed by atoms with E-state index >= 15 is 0 Å². The highest BCUT2D eigenvalue weighted by atomic mass is 16.5. The van der Waals surface area contributed by atoms with Gasteiger partial charge in [0, 0.05) is 12.6 Å². The first-order valence-corrected chi connectivity index (χ1v) is 6.84. The van der Waals surface area contributed by atoms with Crippen molar-refractivity contribution in [3.8, 4) is 0 Å². The molecule has 0 saturated heterocycles. The lowest BCUT2D eigenvalue weighted by Crippen LogP contribution is -2.43. The van der Waals surface area contributed by atoms with Crippen molar-refractivity contribution < 1.29 is 9.47 Å². The number of nitrogens with one attached hydrogen (secondary N) is 1. The fourth-order valence-corrected chi connectivity index (χ4v) is 2.67. The molecule has 2 atom stereocenters. The van der Waals surface area contributed by atoms with Crippen LogP contribution in [-0.4, -0.2) is 39.0 Å². The molecule has 1 aliphatic carbocycles. The van der Waals surface area contributed by atoms with Crippen LogP contribution in [0.4, 0.5) is 0 Å². The van der Waals surface area contributed by atoms with E-state index in [0.717, 1.165) is 13.0 Å². The molecule has 102 valence electrons. The van der Waals surface area contributed by atoms with Gasteiger partial charge < -0.3 is 14.8 Å². The van der Waals surface area contributed by atoms with Gasteiger partial charge >= 0.3 is 0 Å². The molecule has 1 fully saturated rings. The second-order valence-corrected chi connectivity index (χ2v) is 6.17. The monoisotopic (exact) mass is 243 g/mol. The maximum Gasteiger partial charge on any atom is 0.0734 e. The van der Waals surface area contributed by atoms with Gasteiger partial charge in [0.1, 0.15) is 0 Å². The Labute approximate surface area is 106 Å². The molecular formula is C14H29NO2. The number of ether oxygens (including phenoxy) is 2. The third-order valence-corrected chi connectivity index (χ3v) is 3.61. The van der Waals surface area contributed by atoms with Crippen LogP contribution in [0.15, 0.2) is 0 Å². The van der Waals surface area contributed by atoms with Crippen LogP contribution in [0.3, 0.4) is 0 Å². The van der Waals surface area contributed by atoms with Gasteiger partial charge in [-0.25, -0.2) is 0 Å². The summed E-state index contributed by atoms with van der Waals surface area (Å²) < 4.78 is 11.5. The maximum absolute atomic E-state index is 5.94. The van der Waals surface area contributed by atoms with Crippen molar-refractivity contribution in [1.29, 1.82) is 0 Å². The smallest absolute Gasteiger partial charge is 0.0734 e. The molecule has 0 aromatic rings. The van der Waals surface area contributed by atoms with E-state index in [2.05, 4.69) is 33.0 Å². The first-order valence-electron chi connectivity index (χ1n) is 6.84. The van der Waals surface area contributed by atoms with Gasteiger partial charge in [-0.15, -0.1) is 0 Å². The third kappa shape index (κ3) is 4.57. The molecule has 0 aromatic carbocycles. The minimum Gasteiger partial charge on any atom is -0.379 e. The molecule has 0 aliphatic heterocycles. The summed E-state index contributed by atoms with van der Waals surface area (Å²) in [5.41, 5.74) is 0.345. The molecule has 2 unspecified atom stereocenters. The van der Waals surface area contributed by atoms with Gasteiger partial charge in [0.2, 0.25) is 0 Å². The topological polar surface area (TPSA) is 30.5 Å². The van der Waals surface area contributed by atoms with Crippen LogP contribution < -0.4 is 5.32 Å². The average molecular weight is 243 g/mol. The summed E-state index contributed by atoms with van der Waals surface area (Å²) in [5.74, 6) is 0.602. The molecule has 0 amide bonds. The Morgan fingerprint density at radius 3 is 2.59 bits per heavy atom. The van der Waals surface area contributed by atoms with Crippen molar-refractivity contribution >= 4 is 0 Å². The highest BCUT2D eigenvalue weighted by Gasteiger charge is 2.41. The molecule has 1 N–H and O–H groups in total. The van der Waals surface area contributed by atoms with Crippen molar-refractivity contribution in [3.05, 3.63) is 0 Å². The lowest BCUT2D eigenvalue weighted by Gasteiger charge is -2.30. The number of likely N-dealkylation sites (N-methyl/N-ethyl adjacent to an activating group) is 1. The standard InChI is InChI=1S/C14H29NO2/c1-11(2)10-16-8-9-17-12-6-7-14(3,4)13(12)15-5/h11-13,15H,6-10H2,1-5H3. The Bertz CT molecular complexity index is 216. The molecule has 17 heavy (non-hydrogen) atoms. The summed E-state index contributed by atoms with van der Waals surface area (Å²) in [6, 6.07) is 0.465. The second-order valence-electron chi connectivity index (χ2n) is 6.17. The van der Waals surface area contributed by atoms with E-state index in [0.29, 0.717) is 36.7 Å². The normalized spacial score (nSPS) is 27.9. The lowest BCUT2D eigenvalue weighted by molar-refractivity contribution is -0.0133. The van der Waals surface area contributed by atoms with Gasteiger partial charge in [0.25, 0.3) is 0 Å². The van der Waals surface area contributed by atoms with Crippen LogP contribution in [-0.2, 0) is 9.47 Å². The Kier molecular flexibility index (Phi) is 5.90. The highest BCUT2D eigenvalue weighted by molar-refractivity contribution is 4.96. The third-order valence-electron chi connectivity index (χ3n) is 3.61. The SMILES string of the molecule is CNC1C(OCCOCC(C)C)CCC1(C)C. The van der Waals surface area contributed by atoms with Gasteiger partial charge in [-0.2, -0.15) is 0 Å². The lowest BCUT2D eigenvalue weighted by atomic mass is 9.87. The first kappa shape index (κ1) is 14.9. The van der Waals surface area contributed by atoms with Gasteiger partial charge in [-0.05, 0) is 31.2 Å². The van der Waals surface area contributed by atoms with Crippen LogP contribution >= 0.6 is 0 Å². The van der Waals surface area contributed by atoms with E-state index < -0.39 is 0 Å². The molecule has 3 nitrogen and oxygen atoms in total. The van der Waals surface area contributed by atoms with Crippen LogP contribution in [0.25, 0.3) is 0 Å². The van der Waals surface area contributed by atoms with E-state index in [1.165, 1.54) is 6.42 Å². The van der Waals surface area contributed by atoms with E-state index in [-0.39, 0.29) is 0 Å². The zero-order valence-electron chi connectivity index (χ0n) is 12.1. The van der Waals surface area contributed by atoms with Crippen LogP contribution in [0.2, 0.25) is 0 Å². The second kappa shape index (κ2) is 6.72. The van der Waals surface area contributed by atoms with E-state index in [1.807, 2.05) is 7.05 Å². The van der Waals surface area contributed by atoms with Gasteiger partial charge in [-0.3, -0.25) is 0 Å². The minimum absolute atomic E-state index is 0.345. The summed E-state index contributed by atoms with van der Waals surface area (Å²) in [7, 11) is 2.03. The Morgan fingerprint density at radius 1 is 1.29 bits per heavy atom. The largest absolute Gasteiger partial charge is 0.379 e. The Morgan fingerprint density at radius 2 is 2.00 bits per heavy atom. The fourth-order valence-electron chi connectivity index (χ4n) is 2.67. The highest BCUT2D eigenvalue weighted by Crippen LogP contribution is 2.38. The van der Waals surface area contributed by atoms with E-state index in [4.69, 9.17) is 9.47 Å². The fraction of sp³-hybridized carbons (Fsp3) is 1.00. The quantitative estimate of drug-likeness (QED) is 0.697. The summed E-state index contributed by atoms with van der Waals surface area (Å²) in [6.45, 7) is 11.2. The molecule has 0 radical (unpaired) electrons.